The molecule has 0 aromatic carbocycles. The second-order valence-corrected chi connectivity index (χ2v) is 4.19. The summed E-state index contributed by atoms with van der Waals surface area (Å²) in [4.78, 5) is 14.5. The van der Waals surface area contributed by atoms with E-state index in [0.29, 0.717) is 0 Å². The first-order valence-corrected chi connectivity index (χ1v) is 5.46. The Bertz CT molecular complexity index is 604. The molecule has 15 heavy (non-hydrogen) atoms. The molecule has 1 aromatic heterocycles. The highest BCUT2D eigenvalue weighted by atomic mass is 16.1. The third kappa shape index (κ3) is 1.29. The molecule has 2 heteroatoms. The number of H-pyrrole nitrogens is 1. The van der Waals surface area contributed by atoms with Crippen LogP contribution < -0.4 is 16.0 Å². The Morgan fingerprint density at radius 3 is 3.13 bits per heavy atom. The van der Waals surface area contributed by atoms with Gasteiger partial charge >= 0.3 is 0 Å². The Balaban J connectivity index is 2.57. The first-order valence-electron chi connectivity index (χ1n) is 5.46. The number of aryl methyl sites for hydroxylation is 1. The minimum atomic E-state index is 0.0414. The molecule has 0 spiro atoms. The van der Waals surface area contributed by atoms with Crippen molar-refractivity contribution in [3.8, 4) is 0 Å². The van der Waals surface area contributed by atoms with Gasteiger partial charge in [0, 0.05) is 11.4 Å². The maximum atomic E-state index is 11.7. The number of hydrogen-bond donors (Lipinski definition) is 1. The molecule has 2 nitrogen and oxygen atoms in total. The molecule has 0 radical (unpaired) electrons. The third-order valence-electron chi connectivity index (χ3n) is 3.25. The summed E-state index contributed by atoms with van der Waals surface area (Å²) < 4.78 is 0. The van der Waals surface area contributed by atoms with Gasteiger partial charge in [-0.1, -0.05) is 17.7 Å². The summed E-state index contributed by atoms with van der Waals surface area (Å²) in [6.45, 7) is 0. The molecule has 0 atom stereocenters. The molecule has 1 heterocycles. The molecule has 76 valence electrons. The average molecular weight is 199 g/mol. The van der Waals surface area contributed by atoms with Crippen LogP contribution in [0.15, 0.2) is 23.1 Å². The van der Waals surface area contributed by atoms with E-state index in [1.807, 2.05) is 18.3 Å². The van der Waals surface area contributed by atoms with Crippen LogP contribution in [-0.4, -0.2) is 4.98 Å². The van der Waals surface area contributed by atoms with E-state index in [0.717, 1.165) is 24.5 Å². The van der Waals surface area contributed by atoms with Crippen molar-refractivity contribution in [3.05, 3.63) is 44.7 Å². The van der Waals surface area contributed by atoms with E-state index in [1.54, 1.807) is 0 Å². The molecule has 1 aromatic rings. The van der Waals surface area contributed by atoms with Gasteiger partial charge in [0.05, 0.1) is 0 Å². The Morgan fingerprint density at radius 1 is 1.27 bits per heavy atom. The van der Waals surface area contributed by atoms with Crippen LogP contribution in [0.25, 0.3) is 11.6 Å². The number of allylic oxidation sites excluding steroid dienone is 2. The van der Waals surface area contributed by atoms with Gasteiger partial charge in [-0.3, -0.25) is 4.79 Å². The first kappa shape index (κ1) is 8.72. The zero-order valence-electron chi connectivity index (χ0n) is 8.55. The summed E-state index contributed by atoms with van der Waals surface area (Å²) in [6, 6.07) is 0. The van der Waals surface area contributed by atoms with Crippen LogP contribution in [0.1, 0.15) is 24.8 Å². The fourth-order valence-electron chi connectivity index (χ4n) is 2.56. The molecule has 2 aliphatic carbocycles. The van der Waals surface area contributed by atoms with Crippen LogP contribution in [0, 0.1) is 0 Å². The quantitative estimate of drug-likeness (QED) is 0.652. The number of aromatic nitrogens is 1. The maximum Gasteiger partial charge on any atom is 0.255 e. The molecular formula is C13H13NO. The highest BCUT2D eigenvalue weighted by Crippen LogP contribution is 2.17. The standard InChI is InChI=1S/C13H13NO/c15-13-11-7-2-1-4-9-5-3-6-10(8-14-13)12(9)11/h1-2,7-8H,3-6H2,(H,14,15). The monoisotopic (exact) mass is 199 g/mol. The number of aromatic amines is 1. The summed E-state index contributed by atoms with van der Waals surface area (Å²) in [5, 5.41) is 2.09. The summed E-state index contributed by atoms with van der Waals surface area (Å²) in [6.07, 6.45) is 12.4. The van der Waals surface area contributed by atoms with Gasteiger partial charge in [-0.15, -0.1) is 0 Å². The van der Waals surface area contributed by atoms with Crippen LogP contribution in [0.5, 0.6) is 0 Å². The van der Waals surface area contributed by atoms with Crippen LogP contribution >= 0.6 is 0 Å². The van der Waals surface area contributed by atoms with Gasteiger partial charge in [0.1, 0.15) is 0 Å². The zero-order valence-corrected chi connectivity index (χ0v) is 8.55. The minimum Gasteiger partial charge on any atom is -0.328 e. The van der Waals surface area contributed by atoms with Crippen molar-refractivity contribution < 1.29 is 0 Å². The average Bonchev–Trinajstić information content (AvgIpc) is 2.48. The predicted molar refractivity (Wildman–Crippen MR) is 60.9 cm³/mol. The molecular weight excluding hydrogens is 186 g/mol. The number of rotatable bonds is 0. The molecule has 0 amide bonds. The van der Waals surface area contributed by atoms with E-state index < -0.39 is 0 Å². The molecule has 0 unspecified atom stereocenters. The summed E-state index contributed by atoms with van der Waals surface area (Å²) >= 11 is 0. The molecule has 0 aliphatic heterocycles. The smallest absolute Gasteiger partial charge is 0.255 e. The molecule has 0 saturated heterocycles. The third-order valence-corrected chi connectivity index (χ3v) is 3.25. The van der Waals surface area contributed by atoms with Crippen molar-refractivity contribution in [1.82, 2.24) is 4.98 Å². The second kappa shape index (κ2) is 3.23. The van der Waals surface area contributed by atoms with Gasteiger partial charge in [-0.05, 0) is 42.5 Å². The molecule has 0 bridgehead atoms. The maximum absolute atomic E-state index is 11.7. The van der Waals surface area contributed by atoms with Crippen molar-refractivity contribution in [3.63, 3.8) is 0 Å². The SMILES string of the molecule is O=c1[nH]cc2c3c1=CC=CCC=3CCC2. The Hall–Kier alpha value is -1.57. The lowest BCUT2D eigenvalue weighted by Crippen LogP contribution is -2.44. The van der Waals surface area contributed by atoms with Crippen molar-refractivity contribution in [2.24, 2.45) is 0 Å². The van der Waals surface area contributed by atoms with E-state index in [1.165, 1.54) is 22.8 Å². The largest absolute Gasteiger partial charge is 0.328 e. The summed E-state index contributed by atoms with van der Waals surface area (Å²) in [7, 11) is 0. The Labute approximate surface area is 87.7 Å². The van der Waals surface area contributed by atoms with E-state index >= 15 is 0 Å². The highest BCUT2D eigenvalue weighted by Gasteiger charge is 2.12. The first-order chi connectivity index (χ1) is 7.36. The van der Waals surface area contributed by atoms with Gasteiger partial charge in [0.15, 0.2) is 0 Å². The zero-order chi connectivity index (χ0) is 10.3. The topological polar surface area (TPSA) is 32.9 Å². The lowest BCUT2D eigenvalue weighted by atomic mass is 9.92. The lowest BCUT2D eigenvalue weighted by molar-refractivity contribution is 0.797. The van der Waals surface area contributed by atoms with Crippen molar-refractivity contribution in [2.45, 2.75) is 25.7 Å². The molecule has 0 saturated carbocycles. The van der Waals surface area contributed by atoms with E-state index in [-0.39, 0.29) is 5.56 Å². The van der Waals surface area contributed by atoms with Gasteiger partial charge in [-0.2, -0.15) is 0 Å². The van der Waals surface area contributed by atoms with Gasteiger partial charge in [0.2, 0.25) is 0 Å². The van der Waals surface area contributed by atoms with Crippen LogP contribution in [0.2, 0.25) is 0 Å². The summed E-state index contributed by atoms with van der Waals surface area (Å²) in [5.74, 6) is 0. The number of pyridine rings is 1. The van der Waals surface area contributed by atoms with E-state index in [2.05, 4.69) is 11.1 Å². The molecule has 2 aliphatic rings. The summed E-state index contributed by atoms with van der Waals surface area (Å²) in [5.41, 5.74) is 2.79. The number of hydrogen-bond acceptors (Lipinski definition) is 1. The second-order valence-electron chi connectivity index (χ2n) is 4.19. The van der Waals surface area contributed by atoms with Crippen LogP contribution in [0.3, 0.4) is 0 Å². The fourth-order valence-corrected chi connectivity index (χ4v) is 2.56. The Morgan fingerprint density at radius 2 is 2.20 bits per heavy atom. The van der Waals surface area contributed by atoms with Gasteiger partial charge in [-0.25, -0.2) is 0 Å². The fraction of sp³-hybridized carbons (Fsp3) is 0.308. The normalized spacial score (nSPS) is 18.0. The Kier molecular flexibility index (Phi) is 1.88. The van der Waals surface area contributed by atoms with Crippen molar-refractivity contribution >= 4 is 11.6 Å². The molecule has 3 rings (SSSR count). The van der Waals surface area contributed by atoms with Crippen LogP contribution in [0.4, 0.5) is 0 Å². The van der Waals surface area contributed by atoms with Crippen LogP contribution in [-0.2, 0) is 6.42 Å². The highest BCUT2D eigenvalue weighted by molar-refractivity contribution is 5.55. The minimum absolute atomic E-state index is 0.0414. The van der Waals surface area contributed by atoms with Crippen molar-refractivity contribution in [1.29, 1.82) is 0 Å². The lowest BCUT2D eigenvalue weighted by Gasteiger charge is -2.14. The van der Waals surface area contributed by atoms with E-state index in [9.17, 15) is 4.79 Å². The van der Waals surface area contributed by atoms with Crippen molar-refractivity contribution in [2.75, 3.05) is 0 Å². The van der Waals surface area contributed by atoms with Gasteiger partial charge < -0.3 is 4.98 Å². The molecule has 1 N–H and O–H groups in total. The van der Waals surface area contributed by atoms with E-state index in [4.69, 9.17) is 0 Å². The number of nitrogens with one attached hydrogen (secondary N) is 1. The van der Waals surface area contributed by atoms with Gasteiger partial charge in [0.25, 0.3) is 5.56 Å². The molecule has 0 fully saturated rings. The predicted octanol–water partition coefficient (Wildman–Crippen LogP) is 0.602.